The van der Waals surface area contributed by atoms with Crippen molar-refractivity contribution in [1.29, 1.82) is 0 Å². The molecule has 0 spiro atoms. The molecule has 3 aromatic rings. The molecule has 0 saturated carbocycles. The minimum atomic E-state index is -4.26. The van der Waals surface area contributed by atoms with Gasteiger partial charge in [0.15, 0.2) is 5.76 Å². The first-order chi connectivity index (χ1) is 13.3. The van der Waals surface area contributed by atoms with E-state index >= 15 is 0 Å². The Morgan fingerprint density at radius 3 is 2.64 bits per heavy atom. The van der Waals surface area contributed by atoms with Gasteiger partial charge in [0.25, 0.3) is 10.0 Å². The Kier molecular flexibility index (Phi) is 5.68. The molecular formula is C17H12Cl2N4O4S. The van der Waals surface area contributed by atoms with Gasteiger partial charge in [-0.25, -0.2) is 27.9 Å². The minimum Gasteiger partial charge on any atom is -0.463 e. The number of amides is 2. The van der Waals surface area contributed by atoms with Crippen LogP contribution in [0.3, 0.4) is 0 Å². The molecule has 11 heteroatoms. The number of sulfonamides is 1. The van der Waals surface area contributed by atoms with Crippen molar-refractivity contribution in [2.45, 2.75) is 4.90 Å². The number of rotatable bonds is 5. The lowest BCUT2D eigenvalue weighted by Crippen LogP contribution is -2.35. The highest BCUT2D eigenvalue weighted by Crippen LogP contribution is 2.24. The third-order valence-corrected chi connectivity index (χ3v) is 5.41. The van der Waals surface area contributed by atoms with E-state index in [-0.39, 0.29) is 21.0 Å². The summed E-state index contributed by atoms with van der Waals surface area (Å²) in [4.78, 5) is 19.8. The highest BCUT2D eigenvalue weighted by atomic mass is 35.5. The number of hydrogen-bond donors (Lipinski definition) is 2. The summed E-state index contributed by atoms with van der Waals surface area (Å²) in [5.41, 5.74) is 0.830. The smallest absolute Gasteiger partial charge is 0.335 e. The summed E-state index contributed by atoms with van der Waals surface area (Å²) in [7, 11) is -4.26. The first-order valence-electron chi connectivity index (χ1n) is 7.63. The first-order valence-corrected chi connectivity index (χ1v) is 9.86. The summed E-state index contributed by atoms with van der Waals surface area (Å²) < 4.78 is 32.0. The summed E-state index contributed by atoms with van der Waals surface area (Å²) in [5.74, 6) is 0.186. The topological polar surface area (TPSA) is 114 Å². The number of nitrogens with one attached hydrogen (secondary N) is 2. The number of benzene rings is 1. The number of aromatic nitrogens is 2. The highest BCUT2D eigenvalue weighted by molar-refractivity contribution is 7.90. The van der Waals surface area contributed by atoms with Gasteiger partial charge in [0.1, 0.15) is 15.7 Å². The van der Waals surface area contributed by atoms with Crippen molar-refractivity contribution in [3.8, 4) is 11.5 Å². The van der Waals surface area contributed by atoms with Crippen molar-refractivity contribution in [1.82, 2.24) is 14.7 Å². The van der Waals surface area contributed by atoms with E-state index in [0.29, 0.717) is 17.0 Å². The highest BCUT2D eigenvalue weighted by Gasteiger charge is 2.22. The molecule has 0 bridgehead atoms. The zero-order valence-electron chi connectivity index (χ0n) is 14.0. The van der Waals surface area contributed by atoms with Crippen LogP contribution in [0.1, 0.15) is 5.56 Å². The van der Waals surface area contributed by atoms with Gasteiger partial charge >= 0.3 is 6.03 Å². The lowest BCUT2D eigenvalue weighted by atomic mass is 10.2. The molecule has 0 aliphatic rings. The molecule has 144 valence electrons. The van der Waals surface area contributed by atoms with Gasteiger partial charge in [0.05, 0.1) is 11.3 Å². The zero-order chi connectivity index (χ0) is 20.3. The number of urea groups is 1. The fraction of sp³-hybridized carbons (Fsp3) is 0. The number of anilines is 1. The maximum absolute atomic E-state index is 12.5. The number of halogens is 2. The monoisotopic (exact) mass is 438 g/mol. The van der Waals surface area contributed by atoms with Crippen LogP contribution >= 0.6 is 23.2 Å². The maximum Gasteiger partial charge on any atom is 0.335 e. The first kappa shape index (κ1) is 19.9. The molecule has 2 aromatic heterocycles. The predicted octanol–water partition coefficient (Wildman–Crippen LogP) is 4.20. The molecule has 0 saturated heterocycles. The molecule has 2 heterocycles. The molecule has 0 aliphatic heterocycles. The van der Waals surface area contributed by atoms with Crippen LogP contribution in [0.2, 0.25) is 10.2 Å². The van der Waals surface area contributed by atoms with Gasteiger partial charge in [0, 0.05) is 6.07 Å². The van der Waals surface area contributed by atoms with Crippen molar-refractivity contribution in [2.24, 2.45) is 0 Å². The predicted molar refractivity (Wildman–Crippen MR) is 106 cm³/mol. The van der Waals surface area contributed by atoms with Gasteiger partial charge in [-0.05, 0) is 29.8 Å². The Hall–Kier alpha value is -2.88. The van der Waals surface area contributed by atoms with Crippen LogP contribution in [-0.2, 0) is 10.0 Å². The third kappa shape index (κ3) is 4.50. The van der Waals surface area contributed by atoms with Gasteiger partial charge in [-0.15, -0.1) is 0 Å². The van der Waals surface area contributed by atoms with Crippen LogP contribution < -0.4 is 10.0 Å². The molecule has 0 fully saturated rings. The molecule has 2 amide bonds. The Labute approximate surface area is 170 Å². The van der Waals surface area contributed by atoms with Crippen molar-refractivity contribution in [2.75, 3.05) is 5.32 Å². The average Bonchev–Trinajstić information content (AvgIpc) is 3.15. The Balaban J connectivity index is 1.82. The molecule has 2 N–H and O–H groups in total. The fourth-order valence-electron chi connectivity index (χ4n) is 2.18. The molecule has 0 unspecified atom stereocenters. The van der Waals surface area contributed by atoms with Crippen LogP contribution in [0.25, 0.3) is 17.5 Å². The van der Waals surface area contributed by atoms with Crippen LogP contribution in [-0.4, -0.2) is 24.4 Å². The van der Waals surface area contributed by atoms with Crippen molar-refractivity contribution >= 4 is 51.3 Å². The second kappa shape index (κ2) is 8.01. The van der Waals surface area contributed by atoms with Gasteiger partial charge in [-0.1, -0.05) is 41.9 Å². The van der Waals surface area contributed by atoms with Gasteiger partial charge in [0.2, 0.25) is 5.95 Å². The van der Waals surface area contributed by atoms with Gasteiger partial charge < -0.3 is 4.42 Å². The SMILES string of the molecule is C=Cc1ccc(Cl)c(S(=O)(=O)NC(=O)Nc2nc(Cl)cc(-c3ccco3)n2)c1. The number of carbonyl (C=O) groups excluding carboxylic acids is 1. The third-order valence-electron chi connectivity index (χ3n) is 3.40. The Bertz CT molecular complexity index is 1150. The number of carbonyl (C=O) groups is 1. The largest absolute Gasteiger partial charge is 0.463 e. The molecule has 1 aromatic carbocycles. The second-order valence-electron chi connectivity index (χ2n) is 5.33. The zero-order valence-corrected chi connectivity index (χ0v) is 16.3. The molecule has 3 rings (SSSR count). The summed E-state index contributed by atoms with van der Waals surface area (Å²) in [5, 5.41) is 2.20. The quantitative estimate of drug-likeness (QED) is 0.576. The normalized spacial score (nSPS) is 11.1. The lowest BCUT2D eigenvalue weighted by Gasteiger charge is -2.10. The van der Waals surface area contributed by atoms with Gasteiger partial charge in [-0.2, -0.15) is 0 Å². The van der Waals surface area contributed by atoms with Crippen molar-refractivity contribution in [3.63, 3.8) is 0 Å². The van der Waals surface area contributed by atoms with Crippen molar-refractivity contribution < 1.29 is 17.6 Å². The van der Waals surface area contributed by atoms with Crippen LogP contribution in [0.4, 0.5) is 10.7 Å². The van der Waals surface area contributed by atoms with Gasteiger partial charge in [-0.3, -0.25) is 5.32 Å². The Morgan fingerprint density at radius 2 is 1.96 bits per heavy atom. The molecular weight excluding hydrogens is 427 g/mol. The number of nitrogens with zero attached hydrogens (tertiary/aromatic N) is 2. The van der Waals surface area contributed by atoms with E-state index in [1.165, 1.54) is 30.5 Å². The van der Waals surface area contributed by atoms with E-state index in [2.05, 4.69) is 21.9 Å². The van der Waals surface area contributed by atoms with E-state index in [4.69, 9.17) is 27.6 Å². The van der Waals surface area contributed by atoms with E-state index in [9.17, 15) is 13.2 Å². The number of furan rings is 1. The molecule has 28 heavy (non-hydrogen) atoms. The van der Waals surface area contributed by atoms with Crippen molar-refractivity contribution in [3.05, 3.63) is 65.0 Å². The summed E-state index contributed by atoms with van der Waals surface area (Å²) in [6.07, 6.45) is 2.89. The molecule has 0 aliphatic carbocycles. The molecule has 8 nitrogen and oxygen atoms in total. The van der Waals surface area contributed by atoms with E-state index in [0.717, 1.165) is 0 Å². The lowest BCUT2D eigenvalue weighted by molar-refractivity contribution is 0.256. The standard InChI is InChI=1S/C17H12Cl2N4O4S/c1-2-10-5-6-11(18)14(8-10)28(25,26)23-17(24)22-16-20-12(9-15(19)21-16)13-4-3-7-27-13/h2-9H,1H2,(H2,20,21,22,23,24). The molecule has 0 atom stereocenters. The minimum absolute atomic E-state index is 0.0290. The summed E-state index contributed by atoms with van der Waals surface area (Å²) in [6, 6.07) is 7.90. The average molecular weight is 439 g/mol. The van der Waals surface area contributed by atoms with Crippen LogP contribution in [0.5, 0.6) is 0 Å². The molecule has 0 radical (unpaired) electrons. The van der Waals surface area contributed by atoms with E-state index in [1.807, 2.05) is 4.72 Å². The second-order valence-corrected chi connectivity index (χ2v) is 7.78. The van der Waals surface area contributed by atoms with Crippen LogP contribution in [0.15, 0.2) is 58.6 Å². The van der Waals surface area contributed by atoms with E-state index < -0.39 is 16.1 Å². The summed E-state index contributed by atoms with van der Waals surface area (Å²) >= 11 is 11.9. The maximum atomic E-state index is 12.5. The number of hydrogen-bond acceptors (Lipinski definition) is 6. The van der Waals surface area contributed by atoms with Crippen LogP contribution in [0, 0.1) is 0 Å². The Morgan fingerprint density at radius 1 is 1.18 bits per heavy atom. The van der Waals surface area contributed by atoms with E-state index in [1.54, 1.807) is 18.2 Å². The fourth-order valence-corrected chi connectivity index (χ4v) is 3.81. The summed E-state index contributed by atoms with van der Waals surface area (Å²) in [6.45, 7) is 3.56.